The van der Waals surface area contributed by atoms with Crippen LogP contribution in [0.4, 0.5) is 0 Å². The standard InChI is InChI=1S/C47H53/c1-28-14-18-32(19-15-28)42(33-20-16-29(2)17-21-33)44-40(47(11,12)13)27-37-36-26-35(45(5,6)7)23-22-34(36)25-38(37)43(44)41-30(3)24-39(31(41)4)46(8,9)10/h14-24,26-27,30H,1-13H3. The third-order valence-electron chi connectivity index (χ3n) is 10.3. The van der Waals surface area contributed by atoms with Gasteiger partial charge in [0, 0.05) is 5.92 Å². The minimum absolute atomic E-state index is 0.0591. The lowest BCUT2D eigenvalue weighted by Crippen LogP contribution is -2.30. The first-order chi connectivity index (χ1) is 21.9. The van der Waals surface area contributed by atoms with Crippen LogP contribution in [-0.2, 0) is 10.8 Å². The fourth-order valence-corrected chi connectivity index (χ4v) is 7.69. The van der Waals surface area contributed by atoms with E-state index < -0.39 is 0 Å². The van der Waals surface area contributed by atoms with Crippen molar-refractivity contribution in [1.29, 1.82) is 0 Å². The Kier molecular flexibility index (Phi) is 7.98. The number of benzene rings is 4. The van der Waals surface area contributed by atoms with Gasteiger partial charge < -0.3 is 0 Å². The summed E-state index contributed by atoms with van der Waals surface area (Å²) in [5.74, 6) is 0.287. The Bertz CT molecular complexity index is 2130. The quantitative estimate of drug-likeness (QED) is 0.189. The van der Waals surface area contributed by atoms with Crippen LogP contribution in [0.2, 0.25) is 0 Å². The van der Waals surface area contributed by atoms with Gasteiger partial charge in [-0.2, -0.15) is 0 Å². The van der Waals surface area contributed by atoms with Crippen LogP contribution in [0.25, 0.3) is 17.2 Å². The smallest absolute Gasteiger partial charge is 0.000480 e. The van der Waals surface area contributed by atoms with Crippen molar-refractivity contribution >= 4 is 17.2 Å². The summed E-state index contributed by atoms with van der Waals surface area (Å²) < 4.78 is 0. The lowest BCUT2D eigenvalue weighted by atomic mass is 9.76. The molecule has 47 heavy (non-hydrogen) atoms. The average molecular weight is 618 g/mol. The van der Waals surface area contributed by atoms with Gasteiger partial charge in [0.05, 0.1) is 0 Å². The van der Waals surface area contributed by atoms with Gasteiger partial charge in [-0.3, -0.25) is 0 Å². The molecule has 1 unspecified atom stereocenters. The van der Waals surface area contributed by atoms with Crippen LogP contribution in [0.1, 0.15) is 121 Å². The highest BCUT2D eigenvalue weighted by Crippen LogP contribution is 2.46. The molecule has 0 aromatic heterocycles. The van der Waals surface area contributed by atoms with Crippen molar-refractivity contribution in [2.24, 2.45) is 11.3 Å². The SMILES string of the molecule is CC1=C(c2c3c(cc(C(C)(C)C)c2=C(c2ccc(C)cc2)c2ccc(C)cc2)=c2cc(C(C)(C)C)ccc2=[C]3)C(C)C=C1C(C)(C)C. The molecule has 0 bridgehead atoms. The maximum atomic E-state index is 4.02. The zero-order valence-corrected chi connectivity index (χ0v) is 31.1. The molecule has 2 aliphatic carbocycles. The number of allylic oxidation sites excluding steroid dienone is 4. The summed E-state index contributed by atoms with van der Waals surface area (Å²) in [4.78, 5) is 0. The Hall–Kier alpha value is -3.90. The van der Waals surface area contributed by atoms with Crippen LogP contribution in [0.5, 0.6) is 0 Å². The van der Waals surface area contributed by atoms with Crippen LogP contribution in [0, 0.1) is 35.6 Å². The third kappa shape index (κ3) is 5.90. The van der Waals surface area contributed by atoms with E-state index >= 15 is 0 Å². The van der Waals surface area contributed by atoms with Gasteiger partial charge in [-0.25, -0.2) is 0 Å². The van der Waals surface area contributed by atoms with Crippen LogP contribution in [-0.4, -0.2) is 0 Å². The number of aryl methyl sites for hydroxylation is 2. The fourth-order valence-electron chi connectivity index (χ4n) is 7.69. The molecule has 1 radical (unpaired) electrons. The number of hydrogen-bond donors (Lipinski definition) is 0. The summed E-state index contributed by atoms with van der Waals surface area (Å²) in [5.41, 5.74) is 16.0. The highest BCUT2D eigenvalue weighted by molar-refractivity contribution is 5.90. The number of rotatable bonds is 3. The minimum atomic E-state index is -0.110. The van der Waals surface area contributed by atoms with Gasteiger partial charge in [-0.15, -0.1) is 0 Å². The zero-order valence-electron chi connectivity index (χ0n) is 31.1. The van der Waals surface area contributed by atoms with Gasteiger partial charge in [0.25, 0.3) is 0 Å². The molecule has 0 fully saturated rings. The first-order valence-corrected chi connectivity index (χ1v) is 17.4. The Morgan fingerprint density at radius 2 is 1.17 bits per heavy atom. The Morgan fingerprint density at radius 3 is 1.64 bits per heavy atom. The van der Waals surface area contributed by atoms with Crippen molar-refractivity contribution in [2.75, 3.05) is 0 Å². The average Bonchev–Trinajstić information content (AvgIpc) is 3.49. The first-order valence-electron chi connectivity index (χ1n) is 17.4. The maximum absolute atomic E-state index is 4.02. The molecule has 4 aromatic carbocycles. The number of fused-ring (bicyclic) bond motifs is 2. The highest BCUT2D eigenvalue weighted by Gasteiger charge is 2.33. The van der Waals surface area contributed by atoms with E-state index in [9.17, 15) is 0 Å². The molecule has 2 aliphatic rings. The highest BCUT2D eigenvalue weighted by atomic mass is 14.4. The predicted octanol–water partition coefficient (Wildman–Crippen LogP) is 10.8. The van der Waals surface area contributed by atoms with Crippen LogP contribution >= 0.6 is 0 Å². The van der Waals surface area contributed by atoms with Crippen molar-refractivity contribution in [3.63, 3.8) is 0 Å². The molecule has 0 heterocycles. The van der Waals surface area contributed by atoms with E-state index in [1.54, 1.807) is 0 Å². The molecule has 241 valence electrons. The zero-order chi connectivity index (χ0) is 34.2. The molecule has 4 aromatic rings. The summed E-state index contributed by atoms with van der Waals surface area (Å²) in [5, 5.41) is 5.18. The normalized spacial score (nSPS) is 16.2. The minimum Gasteiger partial charge on any atom is -0.0732 e. The van der Waals surface area contributed by atoms with Crippen LogP contribution in [0.3, 0.4) is 0 Å². The van der Waals surface area contributed by atoms with Gasteiger partial charge in [-0.05, 0) is 132 Å². The largest absolute Gasteiger partial charge is 0.0732 e. The molecular weight excluding hydrogens is 565 g/mol. The summed E-state index contributed by atoms with van der Waals surface area (Å²) in [6.07, 6.45) is 6.55. The molecule has 1 atom stereocenters. The maximum Gasteiger partial charge on any atom is 0.000480 e. The Morgan fingerprint density at radius 1 is 0.617 bits per heavy atom. The topological polar surface area (TPSA) is 0 Å². The second kappa shape index (κ2) is 11.4. The van der Waals surface area contributed by atoms with Crippen molar-refractivity contribution in [3.8, 4) is 0 Å². The Labute approximate surface area is 284 Å². The molecule has 0 heteroatoms. The van der Waals surface area contributed by atoms with E-state index in [4.69, 9.17) is 0 Å². The summed E-state index contributed by atoms with van der Waals surface area (Å²) >= 11 is 0. The Balaban J connectivity index is 1.94. The van der Waals surface area contributed by atoms with Crippen molar-refractivity contribution in [1.82, 2.24) is 0 Å². The van der Waals surface area contributed by atoms with Crippen LogP contribution < -0.4 is 10.4 Å². The van der Waals surface area contributed by atoms with Gasteiger partial charge in [-0.1, -0.05) is 147 Å². The lowest BCUT2D eigenvalue weighted by molar-refractivity contribution is 0.510. The monoisotopic (exact) mass is 617 g/mol. The fraction of sp³-hybridized carbons (Fsp3) is 0.362. The second-order valence-electron chi connectivity index (χ2n) is 17.2. The van der Waals surface area contributed by atoms with Gasteiger partial charge in [0.2, 0.25) is 0 Å². The van der Waals surface area contributed by atoms with Crippen LogP contribution in [0.15, 0.2) is 90.0 Å². The molecule has 6 rings (SSSR count). The first kappa shape index (κ1) is 33.0. The molecule has 0 saturated heterocycles. The van der Waals surface area contributed by atoms with Gasteiger partial charge >= 0.3 is 0 Å². The van der Waals surface area contributed by atoms with Crippen molar-refractivity contribution in [3.05, 3.63) is 155 Å². The molecule has 0 nitrogen and oxygen atoms in total. The van der Waals surface area contributed by atoms with Crippen molar-refractivity contribution in [2.45, 2.75) is 101 Å². The molecule has 0 spiro atoms. The van der Waals surface area contributed by atoms with E-state index in [1.807, 2.05) is 0 Å². The van der Waals surface area contributed by atoms with E-state index in [0.717, 1.165) is 0 Å². The molecule has 0 amide bonds. The predicted molar refractivity (Wildman–Crippen MR) is 203 cm³/mol. The molecule has 0 saturated carbocycles. The lowest BCUT2D eigenvalue weighted by Gasteiger charge is -2.27. The summed E-state index contributed by atoms with van der Waals surface area (Å²) in [6, 6.07) is 27.9. The summed E-state index contributed by atoms with van der Waals surface area (Å²) in [7, 11) is 0. The molecular formula is C47H53. The van der Waals surface area contributed by atoms with Crippen molar-refractivity contribution < 1.29 is 0 Å². The molecule has 0 N–H and O–H groups in total. The van der Waals surface area contributed by atoms with E-state index in [1.165, 1.54) is 87.7 Å². The third-order valence-corrected chi connectivity index (χ3v) is 10.3. The van der Waals surface area contributed by atoms with E-state index in [2.05, 4.69) is 175 Å². The van der Waals surface area contributed by atoms with E-state index in [-0.39, 0.29) is 22.2 Å². The van der Waals surface area contributed by atoms with E-state index in [0.29, 0.717) is 0 Å². The summed E-state index contributed by atoms with van der Waals surface area (Å²) in [6.45, 7) is 30.3. The van der Waals surface area contributed by atoms with Gasteiger partial charge in [0.15, 0.2) is 0 Å². The van der Waals surface area contributed by atoms with Gasteiger partial charge in [0.1, 0.15) is 0 Å². The molecule has 0 aliphatic heterocycles. The second-order valence-corrected chi connectivity index (χ2v) is 17.2. The number of hydrogen-bond acceptors (Lipinski definition) is 0.